The molecule has 0 radical (unpaired) electrons. The number of carbonyl (C=O) groups is 5. The second-order valence-corrected chi connectivity index (χ2v) is 13.9. The molecule has 1 aliphatic rings. The Labute approximate surface area is 293 Å². The molecule has 3 rings (SSSR count). The van der Waals surface area contributed by atoms with Crippen molar-refractivity contribution in [3.05, 3.63) is 71.8 Å². The molecule has 0 aliphatic heterocycles. The number of benzene rings is 2. The maximum Gasteiger partial charge on any atom is 0.469 e. The Hall–Kier alpha value is -4.22. The molecule has 10 N–H and O–H groups in total. The predicted molar refractivity (Wildman–Crippen MR) is 179 cm³/mol. The third-order valence-corrected chi connectivity index (χ3v) is 10.2. The zero-order valence-corrected chi connectivity index (χ0v) is 28.6. The highest BCUT2D eigenvalue weighted by atomic mass is 31.2. The number of aliphatic carboxylic acids is 5. The maximum absolute atomic E-state index is 12.8. The van der Waals surface area contributed by atoms with Crippen LogP contribution in [-0.2, 0) is 38.5 Å². The maximum atomic E-state index is 12.8. The fraction of sp³-hybridized carbons (Fsp3) is 0.485. The number of rotatable bonds is 21. The zero-order chi connectivity index (χ0) is 38.0. The molecular weight excluding hydrogens is 693 g/mol. The van der Waals surface area contributed by atoms with E-state index in [0.29, 0.717) is 17.7 Å². The summed E-state index contributed by atoms with van der Waals surface area (Å²) >= 11 is 0. The van der Waals surface area contributed by atoms with Crippen molar-refractivity contribution in [1.82, 2.24) is 10.2 Å². The van der Waals surface area contributed by atoms with E-state index in [1.807, 2.05) is 60.7 Å². The second kappa shape index (κ2) is 17.3. The number of hydrogen-bond donors (Lipinski definition) is 9. The fourth-order valence-electron chi connectivity index (χ4n) is 7.88. The molecule has 1 saturated carbocycles. The molecule has 0 spiro atoms. The first-order chi connectivity index (χ1) is 23.9. The number of nitrogens with zero attached hydrogens (tertiary/aromatic N) is 1. The van der Waals surface area contributed by atoms with Gasteiger partial charge in [-0.2, -0.15) is 0 Å². The van der Waals surface area contributed by atoms with Gasteiger partial charge in [0.15, 0.2) is 0 Å². The van der Waals surface area contributed by atoms with E-state index in [9.17, 15) is 63.9 Å². The number of carboxylic acids is 5. The predicted octanol–water partition coefficient (Wildman–Crippen LogP) is 1.56. The second-order valence-electron chi connectivity index (χ2n) is 12.7. The van der Waals surface area contributed by atoms with Crippen molar-refractivity contribution in [2.24, 2.45) is 11.7 Å². The molecule has 2 aromatic carbocycles. The quantitative estimate of drug-likeness (QED) is 0.0821. The van der Waals surface area contributed by atoms with Crippen LogP contribution in [-0.4, -0.2) is 113 Å². The molecule has 51 heavy (non-hydrogen) atoms. The van der Waals surface area contributed by atoms with Gasteiger partial charge in [-0.15, -0.1) is 0 Å². The molecule has 2 unspecified atom stereocenters. The Morgan fingerprint density at radius 3 is 1.57 bits per heavy atom. The van der Waals surface area contributed by atoms with Crippen LogP contribution >= 0.6 is 7.82 Å². The first kappa shape index (κ1) is 41.2. The number of hydrogen-bond acceptors (Lipinski definition) is 10. The van der Waals surface area contributed by atoms with Crippen molar-refractivity contribution in [3.8, 4) is 0 Å². The van der Waals surface area contributed by atoms with Crippen LogP contribution in [0.2, 0.25) is 0 Å². The van der Waals surface area contributed by atoms with Crippen LogP contribution in [0.1, 0.15) is 56.1 Å². The number of phosphoric acid groups is 1. The molecule has 18 heteroatoms. The smallest absolute Gasteiger partial charge is 0.469 e. The summed E-state index contributed by atoms with van der Waals surface area (Å²) in [5.74, 6) is -9.76. The van der Waals surface area contributed by atoms with Crippen molar-refractivity contribution in [1.29, 1.82) is 0 Å². The third kappa shape index (κ3) is 9.98. The van der Waals surface area contributed by atoms with Gasteiger partial charge in [0.25, 0.3) is 0 Å². The minimum absolute atomic E-state index is 0.0637. The Kier molecular flexibility index (Phi) is 14.0. The lowest BCUT2D eigenvalue weighted by atomic mass is 9.57. The Bertz CT molecular complexity index is 1510. The summed E-state index contributed by atoms with van der Waals surface area (Å²) in [6.45, 7) is -3.30. The molecule has 280 valence electrons. The lowest BCUT2D eigenvalue weighted by Gasteiger charge is -2.59. The van der Waals surface area contributed by atoms with Crippen molar-refractivity contribution in [2.45, 2.75) is 67.5 Å². The Morgan fingerprint density at radius 2 is 1.22 bits per heavy atom. The molecular formula is C33H44N3O14P. The van der Waals surface area contributed by atoms with Crippen molar-refractivity contribution >= 4 is 37.7 Å². The number of nitrogens with two attached hydrogens (primary N) is 1. The van der Waals surface area contributed by atoms with Crippen LogP contribution in [0.4, 0.5) is 0 Å². The van der Waals surface area contributed by atoms with Gasteiger partial charge >= 0.3 is 37.7 Å². The van der Waals surface area contributed by atoms with Crippen LogP contribution in [0.3, 0.4) is 0 Å². The molecule has 1 fully saturated rings. The van der Waals surface area contributed by atoms with Crippen LogP contribution < -0.4 is 11.1 Å². The van der Waals surface area contributed by atoms with Gasteiger partial charge in [0, 0.05) is 18.5 Å². The van der Waals surface area contributed by atoms with Gasteiger partial charge in [0.2, 0.25) is 0 Å². The fourth-order valence-corrected chi connectivity index (χ4v) is 8.53. The highest BCUT2D eigenvalue weighted by Gasteiger charge is 2.65. The van der Waals surface area contributed by atoms with Crippen LogP contribution in [0, 0.1) is 5.92 Å². The summed E-state index contributed by atoms with van der Waals surface area (Å²) in [6, 6.07) is 18.8. The van der Waals surface area contributed by atoms with Crippen molar-refractivity contribution < 1.29 is 68.4 Å². The number of nitrogens with one attached hydrogen (secondary N) is 1. The lowest BCUT2D eigenvalue weighted by molar-refractivity contribution is -0.171. The molecule has 17 nitrogen and oxygen atoms in total. The molecule has 2 atom stereocenters. The lowest BCUT2D eigenvalue weighted by Crippen LogP contribution is -2.78. The van der Waals surface area contributed by atoms with E-state index in [4.69, 9.17) is 10.3 Å². The van der Waals surface area contributed by atoms with Gasteiger partial charge in [0.05, 0.1) is 49.5 Å². The summed E-state index contributed by atoms with van der Waals surface area (Å²) < 4.78 is 18.2. The van der Waals surface area contributed by atoms with E-state index < -0.39 is 105 Å². The summed E-state index contributed by atoms with van der Waals surface area (Å²) in [5.41, 5.74) is 1.46. The normalized spacial score (nSPS) is 16.9. The van der Waals surface area contributed by atoms with Gasteiger partial charge in [-0.05, 0) is 42.7 Å². The minimum Gasteiger partial charge on any atom is -0.481 e. The van der Waals surface area contributed by atoms with E-state index in [1.165, 1.54) is 0 Å². The molecule has 2 aromatic rings. The highest BCUT2D eigenvalue weighted by Crippen LogP contribution is 2.54. The zero-order valence-electron chi connectivity index (χ0n) is 27.7. The molecule has 0 amide bonds. The summed E-state index contributed by atoms with van der Waals surface area (Å²) in [5, 5.41) is 53.3. The van der Waals surface area contributed by atoms with Gasteiger partial charge in [0.1, 0.15) is 0 Å². The first-order valence-electron chi connectivity index (χ1n) is 16.1. The Morgan fingerprint density at radius 1 is 0.784 bits per heavy atom. The average molecular weight is 738 g/mol. The molecule has 0 aromatic heterocycles. The topological polar surface area (TPSA) is 295 Å². The number of phosphoric ester groups is 1. The summed E-state index contributed by atoms with van der Waals surface area (Å²) in [7, 11) is -5.64. The van der Waals surface area contributed by atoms with E-state index in [1.54, 1.807) is 0 Å². The van der Waals surface area contributed by atoms with Crippen molar-refractivity contribution in [3.63, 3.8) is 0 Å². The molecule has 0 heterocycles. The average Bonchev–Trinajstić information content (AvgIpc) is 3.04. The highest BCUT2D eigenvalue weighted by molar-refractivity contribution is 7.46. The van der Waals surface area contributed by atoms with Crippen LogP contribution in [0.15, 0.2) is 60.7 Å². The monoisotopic (exact) mass is 737 g/mol. The van der Waals surface area contributed by atoms with Gasteiger partial charge < -0.3 is 46.4 Å². The third-order valence-electron chi connectivity index (χ3n) is 9.69. The van der Waals surface area contributed by atoms with E-state index >= 15 is 0 Å². The van der Waals surface area contributed by atoms with Gasteiger partial charge in [-0.3, -0.25) is 33.4 Å². The SMILES string of the molecule is NCCNC(CC(=O)O)(C(OP(=O)(O)O)C1CCC(c2ccccc2)(c2ccccc2)CC1)C(CC(=O)O)(CC(=O)O)N(CC(=O)O)CC(=O)O. The minimum atomic E-state index is -5.64. The Balaban J connectivity index is 2.41. The standard InChI is InChI=1S/C33H44N3O14P/c34-15-16-35-33(19-27(41)42,32(17-25(37)38,18-26(39)40)36(20-28(43)44)21-29(45)46)30(50-51(47,48)49)22-11-13-31(14-12-22,23-7-3-1-4-8-23)24-9-5-2-6-10-24/h1-10,22,30,35H,11-21,34H2,(H,37,38)(H,39,40)(H,41,42)(H,43,44)(H,45,46)(H2,47,48,49). The van der Waals surface area contributed by atoms with Gasteiger partial charge in [-0.1, -0.05) is 60.7 Å². The molecule has 0 saturated heterocycles. The summed E-state index contributed by atoms with van der Waals surface area (Å²) in [4.78, 5) is 83.6. The van der Waals surface area contributed by atoms with Crippen LogP contribution in [0.5, 0.6) is 0 Å². The van der Waals surface area contributed by atoms with E-state index in [0.717, 1.165) is 11.1 Å². The van der Waals surface area contributed by atoms with Gasteiger partial charge in [-0.25, -0.2) is 4.57 Å². The molecule has 1 aliphatic carbocycles. The van der Waals surface area contributed by atoms with Crippen molar-refractivity contribution in [2.75, 3.05) is 26.2 Å². The summed E-state index contributed by atoms with van der Waals surface area (Å²) in [6.07, 6.45) is -5.35. The number of carboxylic acid groups (broad SMARTS) is 5. The first-order valence-corrected chi connectivity index (χ1v) is 17.6. The molecule has 0 bridgehead atoms. The largest absolute Gasteiger partial charge is 0.481 e. The van der Waals surface area contributed by atoms with E-state index in [-0.39, 0.29) is 19.4 Å². The van der Waals surface area contributed by atoms with Crippen LogP contribution in [0.25, 0.3) is 0 Å². The van der Waals surface area contributed by atoms with E-state index in [2.05, 4.69) is 5.32 Å².